The Morgan fingerprint density at radius 2 is 2.28 bits per heavy atom. The minimum atomic E-state index is -0.0607. The Morgan fingerprint density at radius 3 is 3.00 bits per heavy atom. The molecule has 90 valence electrons. The van der Waals surface area contributed by atoms with Crippen molar-refractivity contribution in [3.8, 4) is 6.07 Å². The van der Waals surface area contributed by atoms with Crippen LogP contribution in [0.1, 0.15) is 18.9 Å². The molecule has 18 heavy (non-hydrogen) atoms. The Balaban J connectivity index is 2.30. The fourth-order valence-electron chi connectivity index (χ4n) is 2.23. The molecule has 0 heterocycles. The molecule has 1 nitrogen and oxygen atoms in total. The highest BCUT2D eigenvalue weighted by Crippen LogP contribution is 2.36. The van der Waals surface area contributed by atoms with E-state index >= 15 is 0 Å². The Labute approximate surface area is 113 Å². The molecule has 0 aliphatic heterocycles. The van der Waals surface area contributed by atoms with E-state index in [1.54, 1.807) is 0 Å². The molecule has 0 amide bonds. The normalized spacial score (nSPS) is 22.8. The van der Waals surface area contributed by atoms with Crippen LogP contribution in [0, 0.1) is 11.3 Å². The summed E-state index contributed by atoms with van der Waals surface area (Å²) in [5, 5.41) is 9.34. The zero-order valence-electron chi connectivity index (χ0n) is 10.2. The third-order valence-corrected chi connectivity index (χ3v) is 3.44. The first kappa shape index (κ1) is 12.7. The quantitative estimate of drug-likeness (QED) is 0.711. The van der Waals surface area contributed by atoms with Crippen LogP contribution in [0.4, 0.5) is 0 Å². The second-order valence-electron chi connectivity index (χ2n) is 4.67. The standard InChI is InChI=1S/C16H14ClN/c1-16(14-7-2-8-15(17)11-14)9-3-5-13(12-16)6-4-10-18/h2-9,11H,12H2,1H3/b6-4+. The van der Waals surface area contributed by atoms with Gasteiger partial charge in [0.15, 0.2) is 0 Å². The highest BCUT2D eigenvalue weighted by atomic mass is 35.5. The van der Waals surface area contributed by atoms with Crippen LogP contribution in [0.2, 0.25) is 5.02 Å². The predicted octanol–water partition coefficient (Wildman–Crippen LogP) is 4.56. The molecule has 1 aliphatic carbocycles. The van der Waals surface area contributed by atoms with Gasteiger partial charge in [-0.2, -0.15) is 5.26 Å². The van der Waals surface area contributed by atoms with E-state index in [1.165, 1.54) is 11.6 Å². The number of benzene rings is 1. The van der Waals surface area contributed by atoms with Gasteiger partial charge in [0.05, 0.1) is 6.07 Å². The summed E-state index contributed by atoms with van der Waals surface area (Å²) in [7, 11) is 0. The van der Waals surface area contributed by atoms with Gasteiger partial charge in [-0.3, -0.25) is 0 Å². The van der Waals surface area contributed by atoms with E-state index in [4.69, 9.17) is 16.9 Å². The molecule has 1 atom stereocenters. The lowest BCUT2D eigenvalue weighted by Crippen LogP contribution is -2.21. The molecule has 0 N–H and O–H groups in total. The van der Waals surface area contributed by atoms with Crippen LogP contribution >= 0.6 is 11.6 Å². The van der Waals surface area contributed by atoms with Gasteiger partial charge in [0.1, 0.15) is 0 Å². The molecule has 0 saturated heterocycles. The lowest BCUT2D eigenvalue weighted by atomic mass is 9.74. The van der Waals surface area contributed by atoms with E-state index in [0.717, 1.165) is 17.0 Å². The third-order valence-electron chi connectivity index (χ3n) is 3.20. The van der Waals surface area contributed by atoms with Gasteiger partial charge in [0.25, 0.3) is 0 Å². The van der Waals surface area contributed by atoms with E-state index in [1.807, 2.05) is 42.5 Å². The summed E-state index contributed by atoms with van der Waals surface area (Å²) in [4.78, 5) is 0. The SMILES string of the molecule is CC1(c2cccc(Cl)c2)C=CC=C(/C=C/C#N)C1. The Hall–Kier alpha value is -1.78. The van der Waals surface area contributed by atoms with Crippen molar-refractivity contribution in [2.75, 3.05) is 0 Å². The van der Waals surface area contributed by atoms with Crippen molar-refractivity contribution >= 4 is 11.6 Å². The van der Waals surface area contributed by atoms with Crippen molar-refractivity contribution < 1.29 is 0 Å². The van der Waals surface area contributed by atoms with Gasteiger partial charge in [0, 0.05) is 16.5 Å². The van der Waals surface area contributed by atoms with E-state index in [9.17, 15) is 0 Å². The number of nitriles is 1. The molecule has 2 heteroatoms. The number of allylic oxidation sites excluding steroid dienone is 6. The third kappa shape index (κ3) is 2.72. The Kier molecular flexibility index (Phi) is 3.69. The van der Waals surface area contributed by atoms with Crippen molar-refractivity contribution in [1.82, 2.24) is 0 Å². The molecule has 1 aliphatic rings. The molecule has 2 rings (SSSR count). The topological polar surface area (TPSA) is 23.8 Å². The van der Waals surface area contributed by atoms with Gasteiger partial charge in [-0.1, -0.05) is 48.9 Å². The van der Waals surface area contributed by atoms with Gasteiger partial charge in [-0.15, -0.1) is 0 Å². The van der Waals surface area contributed by atoms with Crippen molar-refractivity contribution in [1.29, 1.82) is 5.26 Å². The first-order chi connectivity index (χ1) is 8.64. The zero-order valence-corrected chi connectivity index (χ0v) is 11.0. The van der Waals surface area contributed by atoms with Crippen LogP contribution in [0.5, 0.6) is 0 Å². The molecule has 0 radical (unpaired) electrons. The number of hydrogen-bond donors (Lipinski definition) is 0. The van der Waals surface area contributed by atoms with Gasteiger partial charge in [0.2, 0.25) is 0 Å². The summed E-state index contributed by atoms with van der Waals surface area (Å²) in [6, 6.07) is 9.97. The second-order valence-corrected chi connectivity index (χ2v) is 5.10. The maximum absolute atomic E-state index is 8.58. The monoisotopic (exact) mass is 255 g/mol. The average molecular weight is 256 g/mol. The Morgan fingerprint density at radius 1 is 1.44 bits per heavy atom. The highest BCUT2D eigenvalue weighted by Gasteiger charge is 2.26. The van der Waals surface area contributed by atoms with Gasteiger partial charge in [-0.25, -0.2) is 0 Å². The average Bonchev–Trinajstić information content (AvgIpc) is 2.36. The highest BCUT2D eigenvalue weighted by molar-refractivity contribution is 6.30. The minimum Gasteiger partial charge on any atom is -0.193 e. The van der Waals surface area contributed by atoms with Crippen LogP contribution in [0.25, 0.3) is 0 Å². The molecule has 0 bridgehead atoms. The van der Waals surface area contributed by atoms with Crippen molar-refractivity contribution in [2.45, 2.75) is 18.8 Å². The molecule has 1 unspecified atom stereocenters. The van der Waals surface area contributed by atoms with E-state index in [-0.39, 0.29) is 5.41 Å². The first-order valence-electron chi connectivity index (χ1n) is 5.85. The fraction of sp³-hybridized carbons (Fsp3) is 0.188. The summed E-state index contributed by atoms with van der Waals surface area (Å²) in [6.07, 6.45) is 10.5. The minimum absolute atomic E-state index is 0.0607. The fourth-order valence-corrected chi connectivity index (χ4v) is 2.42. The Bertz CT molecular complexity index is 575. The summed E-state index contributed by atoms with van der Waals surface area (Å²) < 4.78 is 0. The van der Waals surface area contributed by atoms with Crippen molar-refractivity contribution in [3.05, 3.63) is 70.8 Å². The zero-order chi connectivity index (χ0) is 13.0. The lowest BCUT2D eigenvalue weighted by Gasteiger charge is -2.29. The van der Waals surface area contributed by atoms with Crippen molar-refractivity contribution in [3.63, 3.8) is 0 Å². The van der Waals surface area contributed by atoms with E-state index in [2.05, 4.69) is 19.1 Å². The molecule has 0 aromatic heterocycles. The number of rotatable bonds is 2. The van der Waals surface area contributed by atoms with E-state index in [0.29, 0.717) is 0 Å². The van der Waals surface area contributed by atoms with Gasteiger partial charge >= 0.3 is 0 Å². The predicted molar refractivity (Wildman–Crippen MR) is 75.4 cm³/mol. The smallest absolute Gasteiger partial charge is 0.0912 e. The van der Waals surface area contributed by atoms with Crippen molar-refractivity contribution in [2.24, 2.45) is 0 Å². The second kappa shape index (κ2) is 5.25. The van der Waals surface area contributed by atoms with Gasteiger partial charge < -0.3 is 0 Å². The van der Waals surface area contributed by atoms with Gasteiger partial charge in [-0.05, 0) is 35.8 Å². The molecule has 1 aromatic carbocycles. The first-order valence-corrected chi connectivity index (χ1v) is 6.22. The van der Waals surface area contributed by atoms with Crippen LogP contribution in [-0.4, -0.2) is 0 Å². The molecular formula is C16H14ClN. The lowest BCUT2D eigenvalue weighted by molar-refractivity contribution is 0.587. The largest absolute Gasteiger partial charge is 0.193 e. The molecular weight excluding hydrogens is 242 g/mol. The summed E-state index contributed by atoms with van der Waals surface area (Å²) in [5.74, 6) is 0. The van der Waals surface area contributed by atoms with E-state index < -0.39 is 0 Å². The van der Waals surface area contributed by atoms with Crippen LogP contribution in [-0.2, 0) is 5.41 Å². The number of nitrogens with zero attached hydrogens (tertiary/aromatic N) is 1. The molecule has 0 saturated carbocycles. The maximum atomic E-state index is 8.58. The maximum Gasteiger partial charge on any atom is 0.0912 e. The van der Waals surface area contributed by atoms with Crippen LogP contribution in [0.15, 0.2) is 60.2 Å². The molecule has 0 fully saturated rings. The molecule has 0 spiro atoms. The number of hydrogen-bond acceptors (Lipinski definition) is 1. The summed E-state index contributed by atoms with van der Waals surface area (Å²) in [6.45, 7) is 2.18. The summed E-state index contributed by atoms with van der Waals surface area (Å²) in [5.41, 5.74) is 2.29. The van der Waals surface area contributed by atoms with Crippen LogP contribution in [0.3, 0.4) is 0 Å². The summed E-state index contributed by atoms with van der Waals surface area (Å²) >= 11 is 6.05. The van der Waals surface area contributed by atoms with Crippen LogP contribution < -0.4 is 0 Å². The number of halogens is 1. The molecule has 1 aromatic rings.